The summed E-state index contributed by atoms with van der Waals surface area (Å²) in [6, 6.07) is 107. The molecule has 0 bridgehead atoms. The molecule has 10 N–H and O–H groups in total. The Balaban J connectivity index is 0.000000116. The number of aromatic nitrogens is 10. The third kappa shape index (κ3) is 28.4. The minimum atomic E-state index is 0.493. The van der Waals surface area contributed by atoms with Gasteiger partial charge in [-0.3, -0.25) is 0 Å². The highest BCUT2D eigenvalue weighted by Gasteiger charge is 2.25. The number of hydrogen-bond acceptors (Lipinski definition) is 24. The zero-order chi connectivity index (χ0) is 100. The molecule has 0 aliphatic heterocycles. The topological polar surface area (TPSA) is 286 Å². The molecule has 23 rings (SSSR count). The van der Waals surface area contributed by atoms with E-state index in [0.29, 0.717) is 108 Å². The van der Waals surface area contributed by atoms with Crippen molar-refractivity contribution in [1.29, 1.82) is 0 Å². The molecular weight excluding hydrogens is 1890 g/mol. The molecule has 5 aliphatic rings. The van der Waals surface area contributed by atoms with E-state index in [9.17, 15) is 0 Å². The number of nitrogens with one attached hydrogen (secondary N) is 10. The fourth-order valence-electron chi connectivity index (χ4n) is 19.3. The molecule has 27 heteroatoms. The predicted octanol–water partition coefficient (Wildman–Crippen LogP) is 30.2. The molecule has 748 valence electrons. The van der Waals surface area contributed by atoms with Crippen molar-refractivity contribution in [2.45, 2.75) is 191 Å². The molecule has 5 heterocycles. The summed E-state index contributed by atoms with van der Waals surface area (Å²) in [7, 11) is 3.30. The molecule has 13 aromatic carbocycles. The fourth-order valence-corrected chi connectivity index (χ4v) is 20.0. The van der Waals surface area contributed by atoms with Crippen LogP contribution >= 0.6 is 34.8 Å². The number of fused-ring (bicyclic) bond motifs is 5. The Morgan fingerprint density at radius 1 is 0.218 bits per heavy atom. The fraction of sp³-hybridized carbons (Fsp3) is 0.267. The van der Waals surface area contributed by atoms with Crippen LogP contribution in [0.4, 0.5) is 58.8 Å². The van der Waals surface area contributed by atoms with Gasteiger partial charge in [-0.05, 0) is 255 Å². The summed E-state index contributed by atoms with van der Waals surface area (Å²) < 4.78 is 22.4. The summed E-state index contributed by atoms with van der Waals surface area (Å²) in [5.41, 5.74) is 12.7. The molecule has 18 aromatic rings. The van der Waals surface area contributed by atoms with E-state index in [1.54, 1.807) is 20.3 Å². The van der Waals surface area contributed by atoms with Gasteiger partial charge >= 0.3 is 0 Å². The van der Waals surface area contributed by atoms with Gasteiger partial charge in [-0.2, -0.15) is 24.9 Å². The van der Waals surface area contributed by atoms with Crippen LogP contribution in [0.15, 0.2) is 315 Å². The summed E-state index contributed by atoms with van der Waals surface area (Å²) in [6.45, 7) is 3.10. The summed E-state index contributed by atoms with van der Waals surface area (Å²) in [6.07, 6.45) is 24.9. The van der Waals surface area contributed by atoms with Gasteiger partial charge in [0.15, 0.2) is 0 Å². The lowest BCUT2D eigenvalue weighted by atomic mass is 10.0. The molecular formula is C120H123Cl3N20O4. The number of para-hydroxylation sites is 6. The molecule has 5 fully saturated rings. The van der Waals surface area contributed by atoms with Gasteiger partial charge in [-0.25, -0.2) is 24.9 Å². The maximum Gasteiger partial charge on any atom is 0.225 e. The molecule has 0 radical (unpaired) electrons. The van der Waals surface area contributed by atoms with Gasteiger partial charge in [-0.15, -0.1) is 0 Å². The number of hydrogen-bond donors (Lipinski definition) is 10. The lowest BCUT2D eigenvalue weighted by Gasteiger charge is -2.16. The third-order valence-electron chi connectivity index (χ3n) is 27.0. The number of rotatable bonds is 32. The first-order valence-corrected chi connectivity index (χ1v) is 52.5. The number of halogens is 3. The Hall–Kier alpha value is -15.4. The molecule has 0 amide bonds. The lowest BCUT2D eigenvalue weighted by Crippen LogP contribution is -2.17. The Labute approximate surface area is 873 Å². The second kappa shape index (κ2) is 50.4. The van der Waals surface area contributed by atoms with Crippen LogP contribution in [0.5, 0.6) is 34.5 Å². The van der Waals surface area contributed by atoms with E-state index in [1.165, 1.54) is 145 Å². The molecule has 0 spiro atoms. The van der Waals surface area contributed by atoms with Crippen LogP contribution in [-0.2, 0) is 32.7 Å². The van der Waals surface area contributed by atoms with Crippen LogP contribution in [0.2, 0.25) is 15.1 Å². The highest BCUT2D eigenvalue weighted by Crippen LogP contribution is 2.37. The van der Waals surface area contributed by atoms with Gasteiger partial charge in [0.1, 0.15) is 63.6 Å². The third-order valence-corrected chi connectivity index (χ3v) is 27.7. The van der Waals surface area contributed by atoms with Crippen LogP contribution in [0.3, 0.4) is 0 Å². The second-order valence-electron chi connectivity index (χ2n) is 37.8. The average molecular weight is 2020 g/mol. The molecule has 5 saturated carbocycles. The first kappa shape index (κ1) is 100. The Morgan fingerprint density at radius 2 is 0.456 bits per heavy atom. The highest BCUT2D eigenvalue weighted by atomic mass is 35.5. The number of ether oxygens (including phenoxy) is 4. The number of benzene rings is 13. The monoisotopic (exact) mass is 2010 g/mol. The van der Waals surface area contributed by atoms with Gasteiger partial charge in [0.2, 0.25) is 29.7 Å². The van der Waals surface area contributed by atoms with E-state index in [0.717, 1.165) is 140 Å². The van der Waals surface area contributed by atoms with E-state index >= 15 is 0 Å². The molecule has 5 aliphatic carbocycles. The number of nitrogens with zero attached hydrogens (tertiary/aromatic N) is 10. The standard InChI is InChI=1S/C26H25ClN4O.C26H26N4O.C26H26N4.C22H26N4O2.C20H20Cl2N4/c27-19-11-15-22(16-12-19)32-21-13-9-18(10-14-21)17-28-26-30-24-8-4-3-7-23(24)25(31-26)29-20-5-1-2-6-20;1-2-10-21(11-3-1)31-22-16-14-19(15-17-22)18-27-26-29-24-13-7-6-12-23(24)25(30-26)28-20-8-4-5-9-20;1-2-8-20(9-3-1)21-16-14-19(15-17-21)18-27-26-29-24-13-7-6-12-23(24)25(30-26)28-22-10-4-5-11-22;1-27-17-11-15(12-18(13-17)28-2)14-23-22-25-20-10-6-5-9-19(20)21(26-22)24-16-7-3-4-8-16;21-14-9-13(10-15(22)11-14)12-23-20-25-18-8-4-3-7-17(18)19(26-20)24-16-5-1-2-6-16/h3-4,7-16,20H,1-2,5-6,17H2,(H2,28,29,30,31);1-3,6-7,10-17,20H,4-5,8-9,18H2,(H2,27,28,29,30);1-3,6-9,12-17,22H,4-5,10-11,18H2,(H2,27,28,29,30);5-6,9-13,16H,3-4,7-8,14H2,1-2H3,(H2,23,24,25,26);3-4,7-11,16H,1-2,5-6,12H2,(H2,23,24,25,26). The van der Waals surface area contributed by atoms with E-state index in [4.69, 9.17) is 93.6 Å². The summed E-state index contributed by atoms with van der Waals surface area (Å²) in [5, 5.41) is 42.3. The van der Waals surface area contributed by atoms with E-state index in [2.05, 4.69) is 160 Å². The molecule has 0 unspecified atom stereocenters. The van der Waals surface area contributed by atoms with Crippen molar-refractivity contribution in [3.63, 3.8) is 0 Å². The van der Waals surface area contributed by atoms with Crippen molar-refractivity contribution in [3.8, 4) is 45.6 Å². The van der Waals surface area contributed by atoms with Gasteiger partial charge in [0, 0.05) is 111 Å². The van der Waals surface area contributed by atoms with Gasteiger partial charge < -0.3 is 72.1 Å². The summed E-state index contributed by atoms with van der Waals surface area (Å²) in [4.78, 5) is 47.4. The Morgan fingerprint density at radius 3 is 0.748 bits per heavy atom. The SMILES string of the molecule is COc1cc(CNc2nc(NC3CCCC3)c3ccccc3n2)cc(OC)c1.Clc1cc(Cl)cc(CNc2nc(NC3CCCC3)c3ccccc3n2)c1.Clc1ccc(Oc2ccc(CNc3nc(NC4CCCC4)c4ccccc4n3)cc2)cc1.c1ccc(-c2ccc(CNc3nc(NC4CCCC4)c4ccccc4n3)cc2)cc1.c1ccc(Oc2ccc(CNc3nc(NC4CCCC4)c4ccccc4n3)cc2)cc1. The Kier molecular flexibility index (Phi) is 34.4. The molecule has 24 nitrogen and oxygen atoms in total. The maximum atomic E-state index is 6.08. The van der Waals surface area contributed by atoms with Crippen LogP contribution in [0, 0.1) is 0 Å². The molecule has 0 atom stereocenters. The van der Waals surface area contributed by atoms with Crippen LogP contribution < -0.4 is 72.1 Å². The van der Waals surface area contributed by atoms with E-state index < -0.39 is 0 Å². The Bertz CT molecular complexity index is 7310. The molecule has 5 aromatic heterocycles. The van der Waals surface area contributed by atoms with Crippen LogP contribution in [0.1, 0.15) is 156 Å². The average Bonchev–Trinajstić information content (AvgIpc) is 1.70. The van der Waals surface area contributed by atoms with Gasteiger partial charge in [0.05, 0.1) is 41.8 Å². The van der Waals surface area contributed by atoms with Crippen molar-refractivity contribution < 1.29 is 18.9 Å². The first-order chi connectivity index (χ1) is 72.3. The predicted molar refractivity (Wildman–Crippen MR) is 603 cm³/mol. The van der Waals surface area contributed by atoms with Gasteiger partial charge in [-0.1, -0.05) is 257 Å². The van der Waals surface area contributed by atoms with E-state index in [1.807, 2.05) is 212 Å². The lowest BCUT2D eigenvalue weighted by molar-refractivity contribution is 0.393. The maximum absolute atomic E-state index is 6.08. The first-order valence-electron chi connectivity index (χ1n) is 51.3. The van der Waals surface area contributed by atoms with Crippen molar-refractivity contribution in [2.75, 3.05) is 67.4 Å². The van der Waals surface area contributed by atoms with Gasteiger partial charge in [0.25, 0.3) is 0 Å². The van der Waals surface area contributed by atoms with Crippen molar-refractivity contribution in [1.82, 2.24) is 49.8 Å². The molecule has 0 saturated heterocycles. The normalized spacial score (nSPS) is 14.2. The van der Waals surface area contributed by atoms with E-state index in [-0.39, 0.29) is 0 Å². The zero-order valence-corrected chi connectivity index (χ0v) is 85.1. The van der Waals surface area contributed by atoms with Crippen molar-refractivity contribution in [3.05, 3.63) is 358 Å². The zero-order valence-electron chi connectivity index (χ0n) is 82.8. The molecule has 147 heavy (non-hydrogen) atoms. The summed E-state index contributed by atoms with van der Waals surface area (Å²) in [5.74, 6) is 12.4. The largest absolute Gasteiger partial charge is 0.497 e. The number of methoxy groups -OCH3 is 2. The minimum absolute atomic E-state index is 0.493. The highest BCUT2D eigenvalue weighted by molar-refractivity contribution is 6.34. The number of anilines is 10. The second-order valence-corrected chi connectivity index (χ2v) is 39.1. The van der Waals surface area contributed by atoms with Crippen LogP contribution in [-0.4, -0.2) is 94.3 Å². The van der Waals surface area contributed by atoms with Crippen molar-refractivity contribution >= 4 is 148 Å². The summed E-state index contributed by atoms with van der Waals surface area (Å²) >= 11 is 18.1. The van der Waals surface area contributed by atoms with Crippen molar-refractivity contribution in [2.24, 2.45) is 0 Å². The minimum Gasteiger partial charge on any atom is -0.497 e. The quantitative estimate of drug-likeness (QED) is 0.0187. The van der Waals surface area contributed by atoms with Crippen LogP contribution in [0.25, 0.3) is 65.6 Å². The smallest absolute Gasteiger partial charge is 0.225 e.